The van der Waals surface area contributed by atoms with Gasteiger partial charge in [0.05, 0.1) is 7.11 Å². The van der Waals surface area contributed by atoms with Crippen LogP contribution in [0.5, 0.6) is 11.5 Å². The van der Waals surface area contributed by atoms with Crippen molar-refractivity contribution in [1.29, 1.82) is 0 Å². The number of carbonyl (C=O) groups is 2. The van der Waals surface area contributed by atoms with E-state index in [1.807, 2.05) is 48.5 Å². The molecule has 0 saturated heterocycles. The van der Waals surface area contributed by atoms with Crippen LogP contribution in [0.1, 0.15) is 31.8 Å². The summed E-state index contributed by atoms with van der Waals surface area (Å²) < 4.78 is 11.3. The number of amides is 2. The highest BCUT2D eigenvalue weighted by Crippen LogP contribution is 2.29. The van der Waals surface area contributed by atoms with E-state index in [-0.39, 0.29) is 5.91 Å². The smallest absolute Gasteiger partial charge is 0.253 e. The molecule has 0 bridgehead atoms. The minimum absolute atomic E-state index is 0.158. The van der Waals surface area contributed by atoms with Gasteiger partial charge < -0.3 is 20.1 Å². The molecule has 0 aliphatic rings. The average Bonchev–Trinajstić information content (AvgIpc) is 2.78. The second-order valence-electron chi connectivity index (χ2n) is 6.86. The van der Waals surface area contributed by atoms with Crippen LogP contribution in [-0.2, 0) is 13.2 Å². The number of hydrogen-bond acceptors (Lipinski definition) is 4. The van der Waals surface area contributed by atoms with E-state index in [9.17, 15) is 9.59 Å². The molecule has 2 N–H and O–H groups in total. The molecule has 6 heteroatoms. The summed E-state index contributed by atoms with van der Waals surface area (Å²) in [6.07, 6.45) is 0. The third-order valence-corrected chi connectivity index (χ3v) is 4.65. The molecule has 0 aliphatic heterocycles. The van der Waals surface area contributed by atoms with Crippen LogP contribution in [0.3, 0.4) is 0 Å². The summed E-state index contributed by atoms with van der Waals surface area (Å²) in [5.41, 5.74) is 8.06. The monoisotopic (exact) mass is 404 g/mol. The molecule has 3 aromatic rings. The molecule has 30 heavy (non-hydrogen) atoms. The summed E-state index contributed by atoms with van der Waals surface area (Å²) in [5.74, 6) is 0.564. The zero-order valence-electron chi connectivity index (χ0n) is 17.0. The van der Waals surface area contributed by atoms with E-state index in [1.54, 1.807) is 43.3 Å². The Hall–Kier alpha value is -3.80. The minimum Gasteiger partial charge on any atom is -0.493 e. The normalized spacial score (nSPS) is 10.3. The Morgan fingerprint density at radius 1 is 0.867 bits per heavy atom. The molecule has 154 valence electrons. The van der Waals surface area contributed by atoms with Gasteiger partial charge in [0, 0.05) is 24.7 Å². The molecule has 0 aromatic heterocycles. The number of nitrogens with two attached hydrogens (primary N) is 1. The van der Waals surface area contributed by atoms with Crippen LogP contribution in [0, 0.1) is 0 Å². The Morgan fingerprint density at radius 3 is 2.17 bits per heavy atom. The number of hydrogen-bond donors (Lipinski definition) is 1. The van der Waals surface area contributed by atoms with Crippen LogP contribution in [0.2, 0.25) is 0 Å². The molecule has 0 aliphatic carbocycles. The summed E-state index contributed by atoms with van der Waals surface area (Å²) in [4.78, 5) is 25.4. The van der Waals surface area contributed by atoms with Gasteiger partial charge in [0.1, 0.15) is 6.61 Å². The van der Waals surface area contributed by atoms with Crippen LogP contribution in [0.25, 0.3) is 0 Å². The first-order valence-electron chi connectivity index (χ1n) is 9.47. The van der Waals surface area contributed by atoms with Gasteiger partial charge in [-0.2, -0.15) is 0 Å². The Bertz CT molecular complexity index is 1020. The van der Waals surface area contributed by atoms with Crippen molar-refractivity contribution < 1.29 is 19.1 Å². The number of primary amides is 1. The van der Waals surface area contributed by atoms with Gasteiger partial charge in [-0.3, -0.25) is 9.59 Å². The highest BCUT2D eigenvalue weighted by atomic mass is 16.5. The summed E-state index contributed by atoms with van der Waals surface area (Å²) >= 11 is 0. The lowest BCUT2D eigenvalue weighted by atomic mass is 10.1. The first-order chi connectivity index (χ1) is 14.5. The maximum atomic E-state index is 12.7. The zero-order chi connectivity index (χ0) is 21.5. The van der Waals surface area contributed by atoms with Crippen molar-refractivity contribution in [1.82, 2.24) is 4.90 Å². The number of methoxy groups -OCH3 is 1. The third kappa shape index (κ3) is 5.17. The van der Waals surface area contributed by atoms with E-state index in [0.29, 0.717) is 35.8 Å². The van der Waals surface area contributed by atoms with Crippen molar-refractivity contribution in [2.24, 2.45) is 5.73 Å². The van der Waals surface area contributed by atoms with E-state index in [2.05, 4.69) is 0 Å². The average molecular weight is 404 g/mol. The van der Waals surface area contributed by atoms with Gasteiger partial charge in [0.25, 0.3) is 5.91 Å². The van der Waals surface area contributed by atoms with Gasteiger partial charge in [-0.1, -0.05) is 36.4 Å². The van der Waals surface area contributed by atoms with Crippen molar-refractivity contribution in [3.05, 3.63) is 95.1 Å². The number of carbonyl (C=O) groups excluding carboxylic acids is 2. The van der Waals surface area contributed by atoms with E-state index in [1.165, 1.54) is 0 Å². The van der Waals surface area contributed by atoms with Crippen molar-refractivity contribution in [3.8, 4) is 11.5 Å². The molecule has 0 fully saturated rings. The summed E-state index contributed by atoms with van der Waals surface area (Å²) in [6, 6.07) is 21.8. The topological polar surface area (TPSA) is 81.9 Å². The fourth-order valence-corrected chi connectivity index (χ4v) is 3.01. The molecule has 3 aromatic carbocycles. The van der Waals surface area contributed by atoms with E-state index in [4.69, 9.17) is 15.2 Å². The summed E-state index contributed by atoms with van der Waals surface area (Å²) in [5, 5.41) is 0. The maximum Gasteiger partial charge on any atom is 0.253 e. The van der Waals surface area contributed by atoms with Gasteiger partial charge in [0.2, 0.25) is 5.91 Å². The lowest BCUT2D eigenvalue weighted by Crippen LogP contribution is -2.26. The molecule has 0 unspecified atom stereocenters. The predicted octanol–water partition coefficient (Wildman–Crippen LogP) is 3.65. The highest BCUT2D eigenvalue weighted by molar-refractivity contribution is 5.97. The largest absolute Gasteiger partial charge is 0.493 e. The van der Waals surface area contributed by atoms with E-state index < -0.39 is 5.91 Å². The second kappa shape index (κ2) is 9.60. The first-order valence-corrected chi connectivity index (χ1v) is 9.47. The third-order valence-electron chi connectivity index (χ3n) is 4.65. The molecule has 3 rings (SSSR count). The van der Waals surface area contributed by atoms with Crippen molar-refractivity contribution >= 4 is 11.8 Å². The fraction of sp³-hybridized carbons (Fsp3) is 0.167. The number of rotatable bonds is 8. The van der Waals surface area contributed by atoms with Crippen molar-refractivity contribution in [3.63, 3.8) is 0 Å². The van der Waals surface area contributed by atoms with Gasteiger partial charge in [0.15, 0.2) is 11.5 Å². The van der Waals surface area contributed by atoms with Gasteiger partial charge in [-0.15, -0.1) is 0 Å². The number of benzene rings is 3. The molecule has 6 nitrogen and oxygen atoms in total. The highest BCUT2D eigenvalue weighted by Gasteiger charge is 2.14. The molecular weight excluding hydrogens is 380 g/mol. The first kappa shape index (κ1) is 20.9. The molecule has 0 radical (unpaired) electrons. The van der Waals surface area contributed by atoms with Crippen LogP contribution in [0.15, 0.2) is 72.8 Å². The lowest BCUT2D eigenvalue weighted by Gasteiger charge is -2.19. The SMILES string of the molecule is COc1cc(CN(C)C(=O)c2ccc(C(N)=O)cc2)ccc1OCc1ccccc1. The molecule has 2 amide bonds. The Kier molecular flexibility index (Phi) is 6.70. The molecule has 0 spiro atoms. The quantitative estimate of drug-likeness (QED) is 0.621. The van der Waals surface area contributed by atoms with Crippen LogP contribution >= 0.6 is 0 Å². The Labute approximate surface area is 175 Å². The Morgan fingerprint density at radius 2 is 1.53 bits per heavy atom. The number of ether oxygens (including phenoxy) is 2. The fourth-order valence-electron chi connectivity index (χ4n) is 3.01. The second-order valence-corrected chi connectivity index (χ2v) is 6.86. The zero-order valence-corrected chi connectivity index (χ0v) is 17.0. The van der Waals surface area contributed by atoms with Gasteiger partial charge in [-0.05, 0) is 47.5 Å². The molecule has 0 atom stereocenters. The summed E-state index contributed by atoms with van der Waals surface area (Å²) in [7, 11) is 3.31. The van der Waals surface area contributed by atoms with Crippen molar-refractivity contribution in [2.45, 2.75) is 13.2 Å². The lowest BCUT2D eigenvalue weighted by molar-refractivity contribution is 0.0784. The van der Waals surface area contributed by atoms with Crippen molar-refractivity contribution in [2.75, 3.05) is 14.2 Å². The van der Waals surface area contributed by atoms with Crippen LogP contribution in [0.4, 0.5) is 0 Å². The van der Waals surface area contributed by atoms with E-state index in [0.717, 1.165) is 11.1 Å². The maximum absolute atomic E-state index is 12.7. The number of nitrogens with zero attached hydrogens (tertiary/aromatic N) is 1. The standard InChI is InChI=1S/C24H24N2O4/c1-26(24(28)20-11-9-19(10-12-20)23(25)27)15-18-8-13-21(22(14-18)29-2)30-16-17-6-4-3-5-7-17/h3-14H,15-16H2,1-2H3,(H2,25,27). The molecular formula is C24H24N2O4. The van der Waals surface area contributed by atoms with E-state index >= 15 is 0 Å². The van der Waals surface area contributed by atoms with Crippen LogP contribution < -0.4 is 15.2 Å². The Balaban J connectivity index is 1.66. The minimum atomic E-state index is -0.524. The molecule has 0 heterocycles. The summed E-state index contributed by atoms with van der Waals surface area (Å²) in [6.45, 7) is 0.835. The van der Waals surface area contributed by atoms with Gasteiger partial charge in [-0.25, -0.2) is 0 Å². The van der Waals surface area contributed by atoms with Gasteiger partial charge >= 0.3 is 0 Å². The van der Waals surface area contributed by atoms with Crippen LogP contribution in [-0.4, -0.2) is 30.9 Å². The molecule has 0 saturated carbocycles. The predicted molar refractivity (Wildman–Crippen MR) is 115 cm³/mol.